The molecule has 0 saturated heterocycles. The van der Waals surface area contributed by atoms with Gasteiger partial charge in [-0.15, -0.1) is 11.3 Å². The summed E-state index contributed by atoms with van der Waals surface area (Å²) in [7, 11) is 0. The summed E-state index contributed by atoms with van der Waals surface area (Å²) in [5, 5.41) is 11.3. The molecule has 0 spiro atoms. The minimum atomic E-state index is -0.997. The number of rotatable bonds is 10. The third kappa shape index (κ3) is 5.95. The van der Waals surface area contributed by atoms with Crippen molar-refractivity contribution in [3.63, 3.8) is 0 Å². The van der Waals surface area contributed by atoms with Gasteiger partial charge in [0, 0.05) is 16.9 Å². The number of benzene rings is 3. The number of carbonyl (C=O) groups is 1. The summed E-state index contributed by atoms with van der Waals surface area (Å²) >= 11 is 1.72. The van der Waals surface area contributed by atoms with Gasteiger partial charge in [0.05, 0.1) is 12.3 Å². The molecule has 5 rings (SSSR count). The van der Waals surface area contributed by atoms with Gasteiger partial charge in [-0.1, -0.05) is 36.4 Å². The number of aryl methyl sites for hydroxylation is 2. The Hall–Kier alpha value is -4.36. The summed E-state index contributed by atoms with van der Waals surface area (Å²) in [5.41, 5.74) is 7.03. The highest BCUT2D eigenvalue weighted by molar-refractivity contribution is 7.13. The predicted octanol–water partition coefficient (Wildman–Crippen LogP) is 8.14. The molecule has 0 radical (unpaired) electrons. The average Bonchev–Trinajstić information content (AvgIpc) is 3.62. The average molecular weight is 554 g/mol. The van der Waals surface area contributed by atoms with Gasteiger partial charge < -0.3 is 19.0 Å². The molecule has 3 aromatic carbocycles. The highest BCUT2D eigenvalue weighted by Gasteiger charge is 2.17. The zero-order valence-electron chi connectivity index (χ0n) is 22.9. The van der Waals surface area contributed by atoms with E-state index in [4.69, 9.17) is 18.9 Å². The molecule has 1 atom stereocenters. The zero-order chi connectivity index (χ0) is 28.2. The molecule has 5 aromatic rings. The van der Waals surface area contributed by atoms with Crippen molar-refractivity contribution >= 4 is 17.3 Å². The van der Waals surface area contributed by atoms with Crippen LogP contribution in [0.15, 0.2) is 82.6 Å². The van der Waals surface area contributed by atoms with Crippen molar-refractivity contribution in [1.82, 2.24) is 4.98 Å². The molecule has 0 aliphatic carbocycles. The van der Waals surface area contributed by atoms with Gasteiger partial charge in [0.15, 0.2) is 6.10 Å². The van der Waals surface area contributed by atoms with E-state index < -0.39 is 12.1 Å². The fourth-order valence-electron chi connectivity index (χ4n) is 4.63. The van der Waals surface area contributed by atoms with Crippen LogP contribution in [0.2, 0.25) is 0 Å². The Morgan fingerprint density at radius 3 is 2.33 bits per heavy atom. The maximum atomic E-state index is 11.2. The van der Waals surface area contributed by atoms with Gasteiger partial charge >= 0.3 is 5.97 Å². The van der Waals surface area contributed by atoms with Crippen molar-refractivity contribution in [2.24, 2.45) is 0 Å². The Labute approximate surface area is 237 Å². The zero-order valence-corrected chi connectivity index (χ0v) is 23.7. The summed E-state index contributed by atoms with van der Waals surface area (Å²) in [5.74, 6) is 1.74. The molecule has 0 aliphatic rings. The van der Waals surface area contributed by atoms with Gasteiger partial charge in [0.1, 0.15) is 17.3 Å². The van der Waals surface area contributed by atoms with Crippen LogP contribution in [0.25, 0.3) is 33.0 Å². The van der Waals surface area contributed by atoms with E-state index in [2.05, 4.69) is 29.6 Å². The standard InChI is InChI=1S/C33H31NO5S/c1-20-7-16-29(38-23(4)33(35)36)21(2)31(20)25-12-14-27(15-13-25)37-18-17-28-22(3)39-32(34-28)26-10-8-24(9-11-26)30-6-5-19-40-30/h5-16,19,23H,17-18H2,1-4H3,(H,35,36). The summed E-state index contributed by atoms with van der Waals surface area (Å²) in [4.78, 5) is 17.2. The van der Waals surface area contributed by atoms with E-state index in [1.807, 2.05) is 69.3 Å². The van der Waals surface area contributed by atoms with Crippen LogP contribution in [0.1, 0.15) is 29.5 Å². The number of carboxylic acids is 1. The number of hydrogen-bond donors (Lipinski definition) is 1. The van der Waals surface area contributed by atoms with Crippen molar-refractivity contribution in [3.05, 3.63) is 101 Å². The lowest BCUT2D eigenvalue weighted by molar-refractivity contribution is -0.144. The fourth-order valence-corrected chi connectivity index (χ4v) is 5.36. The van der Waals surface area contributed by atoms with Crippen molar-refractivity contribution in [3.8, 4) is 44.5 Å². The van der Waals surface area contributed by atoms with E-state index in [1.54, 1.807) is 11.3 Å². The van der Waals surface area contributed by atoms with Gasteiger partial charge in [-0.3, -0.25) is 0 Å². The third-order valence-electron chi connectivity index (χ3n) is 6.86. The third-order valence-corrected chi connectivity index (χ3v) is 7.77. The molecule has 2 heterocycles. The molecule has 0 bridgehead atoms. The predicted molar refractivity (Wildman–Crippen MR) is 158 cm³/mol. The smallest absolute Gasteiger partial charge is 0.344 e. The number of carboxylic acid groups (broad SMARTS) is 1. The van der Waals surface area contributed by atoms with Crippen molar-refractivity contribution < 1.29 is 23.8 Å². The SMILES string of the molecule is Cc1ccc(OC(C)C(=O)O)c(C)c1-c1ccc(OCCc2nc(-c3ccc(-c4cccs4)cc3)oc2C)cc1. The van der Waals surface area contributed by atoms with Gasteiger partial charge in [-0.2, -0.15) is 0 Å². The fraction of sp³-hybridized carbons (Fsp3) is 0.212. The largest absolute Gasteiger partial charge is 0.493 e. The van der Waals surface area contributed by atoms with Crippen LogP contribution in [0, 0.1) is 20.8 Å². The topological polar surface area (TPSA) is 81.8 Å². The van der Waals surface area contributed by atoms with E-state index in [0.29, 0.717) is 24.7 Å². The normalized spacial score (nSPS) is 11.8. The molecular formula is C33H31NO5S. The van der Waals surface area contributed by atoms with Gasteiger partial charge in [-0.25, -0.2) is 9.78 Å². The number of thiophene rings is 1. The molecule has 0 amide bonds. The Bertz CT molecular complexity index is 1600. The molecule has 2 aromatic heterocycles. The van der Waals surface area contributed by atoms with Crippen molar-refractivity contribution in [1.29, 1.82) is 0 Å². The number of aliphatic carboxylic acids is 1. The van der Waals surface area contributed by atoms with Gasteiger partial charge in [0.25, 0.3) is 0 Å². The summed E-state index contributed by atoms with van der Waals surface area (Å²) in [6.07, 6.45) is -0.296. The summed E-state index contributed by atoms with van der Waals surface area (Å²) < 4.78 is 17.6. The summed E-state index contributed by atoms with van der Waals surface area (Å²) in [6, 6.07) is 24.1. The van der Waals surface area contributed by atoms with Crippen LogP contribution < -0.4 is 9.47 Å². The highest BCUT2D eigenvalue weighted by atomic mass is 32.1. The monoisotopic (exact) mass is 553 g/mol. The highest BCUT2D eigenvalue weighted by Crippen LogP contribution is 2.35. The quantitative estimate of drug-likeness (QED) is 0.188. The Morgan fingerprint density at radius 1 is 0.950 bits per heavy atom. The summed E-state index contributed by atoms with van der Waals surface area (Å²) in [6.45, 7) is 7.91. The molecular weight excluding hydrogens is 522 g/mol. The van der Waals surface area contributed by atoms with Crippen LogP contribution in [0.4, 0.5) is 0 Å². The van der Waals surface area contributed by atoms with Crippen molar-refractivity contribution in [2.45, 2.75) is 40.2 Å². The van der Waals surface area contributed by atoms with E-state index in [0.717, 1.165) is 45.0 Å². The molecule has 204 valence electrons. The Morgan fingerprint density at radius 2 is 1.65 bits per heavy atom. The Kier molecular flexibility index (Phi) is 8.03. The second-order valence-corrected chi connectivity index (χ2v) is 10.6. The van der Waals surface area contributed by atoms with E-state index in [1.165, 1.54) is 17.4 Å². The minimum Gasteiger partial charge on any atom is -0.493 e. The first-order chi connectivity index (χ1) is 19.3. The molecule has 1 unspecified atom stereocenters. The second kappa shape index (κ2) is 11.8. The second-order valence-electron chi connectivity index (χ2n) is 9.68. The first-order valence-corrected chi connectivity index (χ1v) is 14.0. The number of aromatic nitrogens is 1. The lowest BCUT2D eigenvalue weighted by atomic mass is 9.95. The molecule has 0 saturated carbocycles. The van der Waals surface area contributed by atoms with E-state index in [-0.39, 0.29) is 0 Å². The maximum Gasteiger partial charge on any atom is 0.344 e. The molecule has 7 heteroatoms. The minimum absolute atomic E-state index is 0.470. The number of ether oxygens (including phenoxy) is 2. The van der Waals surface area contributed by atoms with Gasteiger partial charge in [-0.05, 0) is 97.3 Å². The molecule has 0 aliphatic heterocycles. The first-order valence-electron chi connectivity index (χ1n) is 13.1. The lowest BCUT2D eigenvalue weighted by Gasteiger charge is -2.17. The molecule has 40 heavy (non-hydrogen) atoms. The number of nitrogens with zero attached hydrogens (tertiary/aromatic N) is 1. The molecule has 0 fully saturated rings. The first kappa shape index (κ1) is 27.2. The van der Waals surface area contributed by atoms with Crippen LogP contribution in [-0.2, 0) is 11.2 Å². The van der Waals surface area contributed by atoms with Gasteiger partial charge in [0.2, 0.25) is 5.89 Å². The molecule has 1 N–H and O–H groups in total. The Balaban J connectivity index is 1.22. The van der Waals surface area contributed by atoms with Crippen LogP contribution in [0.3, 0.4) is 0 Å². The van der Waals surface area contributed by atoms with Crippen molar-refractivity contribution in [2.75, 3.05) is 6.61 Å². The van der Waals surface area contributed by atoms with Crippen LogP contribution in [0.5, 0.6) is 11.5 Å². The van der Waals surface area contributed by atoms with Crippen LogP contribution in [-0.4, -0.2) is 28.8 Å². The number of oxazole rings is 1. The maximum absolute atomic E-state index is 11.2. The van der Waals surface area contributed by atoms with E-state index >= 15 is 0 Å². The van der Waals surface area contributed by atoms with E-state index in [9.17, 15) is 9.90 Å². The molecule has 6 nitrogen and oxygen atoms in total. The van der Waals surface area contributed by atoms with Crippen LogP contribution >= 0.6 is 11.3 Å². The lowest BCUT2D eigenvalue weighted by Crippen LogP contribution is -2.23. The number of hydrogen-bond acceptors (Lipinski definition) is 6.